The van der Waals surface area contributed by atoms with Crippen LogP contribution in [0.1, 0.15) is 11.4 Å². The molecule has 102 valence electrons. The molecule has 2 aromatic rings. The molecule has 0 aromatic carbocycles. The van der Waals surface area contributed by atoms with Gasteiger partial charge in [0, 0.05) is 25.2 Å². The molecule has 0 unspecified atom stereocenters. The van der Waals surface area contributed by atoms with E-state index in [1.54, 1.807) is 6.07 Å². The molecule has 2 rings (SSSR count). The summed E-state index contributed by atoms with van der Waals surface area (Å²) in [5.41, 5.74) is 0.804. The quantitative estimate of drug-likeness (QED) is 0.896. The first-order chi connectivity index (χ1) is 8.99. The van der Waals surface area contributed by atoms with E-state index in [0.29, 0.717) is 6.54 Å². The van der Waals surface area contributed by atoms with Crippen LogP contribution in [-0.2, 0) is 12.7 Å². The second-order valence-electron chi connectivity index (χ2n) is 3.69. The van der Waals surface area contributed by atoms with Crippen LogP contribution < -0.4 is 10.6 Å². The third-order valence-corrected chi connectivity index (χ3v) is 2.29. The number of nitrogens with zero attached hydrogens (tertiary/aromatic N) is 2. The minimum Gasteiger partial charge on any atom is -0.472 e. The lowest BCUT2D eigenvalue weighted by molar-refractivity contribution is -0.144. The summed E-state index contributed by atoms with van der Waals surface area (Å²) in [6.07, 6.45) is -1.60. The summed E-state index contributed by atoms with van der Waals surface area (Å²) in [5.74, 6) is -1.00. The summed E-state index contributed by atoms with van der Waals surface area (Å²) in [5, 5.41) is 5.35. The summed E-state index contributed by atoms with van der Waals surface area (Å²) < 4.78 is 42.7. The zero-order chi connectivity index (χ0) is 13.9. The molecule has 0 aliphatic heterocycles. The van der Waals surface area contributed by atoms with Crippen molar-refractivity contribution in [1.29, 1.82) is 0 Å². The molecule has 0 spiro atoms. The Bertz CT molecular complexity index is 539. The number of hydrogen-bond acceptors (Lipinski definition) is 5. The van der Waals surface area contributed by atoms with Crippen LogP contribution in [0, 0.1) is 0 Å². The minimum absolute atomic E-state index is 0.0906. The highest BCUT2D eigenvalue weighted by Gasteiger charge is 2.35. The molecule has 5 nitrogen and oxygen atoms in total. The van der Waals surface area contributed by atoms with Gasteiger partial charge in [-0.15, -0.1) is 0 Å². The fourth-order valence-electron chi connectivity index (χ4n) is 1.38. The molecule has 0 saturated carbocycles. The van der Waals surface area contributed by atoms with Crippen LogP contribution in [0.15, 0.2) is 29.1 Å². The van der Waals surface area contributed by atoms with Gasteiger partial charge < -0.3 is 15.1 Å². The van der Waals surface area contributed by atoms with E-state index in [0.717, 1.165) is 5.56 Å². The van der Waals surface area contributed by atoms with Crippen molar-refractivity contribution in [2.24, 2.45) is 0 Å². The van der Waals surface area contributed by atoms with E-state index in [4.69, 9.17) is 4.42 Å². The molecular weight excluding hydrogens is 261 g/mol. The number of hydrogen-bond donors (Lipinski definition) is 2. The average molecular weight is 272 g/mol. The van der Waals surface area contributed by atoms with Gasteiger partial charge in [-0.25, -0.2) is 9.97 Å². The number of furan rings is 1. The molecule has 0 bridgehead atoms. The zero-order valence-corrected chi connectivity index (χ0v) is 9.95. The number of halogens is 3. The summed E-state index contributed by atoms with van der Waals surface area (Å²) in [6, 6.07) is 3.10. The van der Waals surface area contributed by atoms with Gasteiger partial charge in [0.15, 0.2) is 0 Å². The number of rotatable bonds is 4. The molecule has 2 N–H and O–H groups in total. The molecule has 2 aromatic heterocycles. The van der Waals surface area contributed by atoms with Gasteiger partial charge in [-0.05, 0) is 6.07 Å². The van der Waals surface area contributed by atoms with Crippen LogP contribution in [0.3, 0.4) is 0 Å². The van der Waals surface area contributed by atoms with Crippen LogP contribution in [0.5, 0.6) is 0 Å². The first-order valence-corrected chi connectivity index (χ1v) is 5.38. The third-order valence-electron chi connectivity index (χ3n) is 2.29. The van der Waals surface area contributed by atoms with Crippen molar-refractivity contribution < 1.29 is 17.6 Å². The van der Waals surface area contributed by atoms with Gasteiger partial charge in [-0.3, -0.25) is 0 Å². The van der Waals surface area contributed by atoms with Gasteiger partial charge in [0.25, 0.3) is 0 Å². The molecule has 0 saturated heterocycles. The molecule has 19 heavy (non-hydrogen) atoms. The molecule has 0 aliphatic carbocycles. The van der Waals surface area contributed by atoms with E-state index in [1.807, 2.05) is 0 Å². The molecule has 0 atom stereocenters. The largest absolute Gasteiger partial charge is 0.472 e. The number of aromatic nitrogens is 2. The van der Waals surface area contributed by atoms with Crippen LogP contribution in [0.25, 0.3) is 0 Å². The topological polar surface area (TPSA) is 63.0 Å². The van der Waals surface area contributed by atoms with Crippen molar-refractivity contribution >= 4 is 11.6 Å². The van der Waals surface area contributed by atoms with Crippen molar-refractivity contribution in [1.82, 2.24) is 9.97 Å². The van der Waals surface area contributed by atoms with Gasteiger partial charge in [0.05, 0.1) is 12.5 Å². The van der Waals surface area contributed by atoms with Crippen molar-refractivity contribution in [3.8, 4) is 0 Å². The molecule has 2 heterocycles. The standard InChI is InChI=1S/C11H11F3N4O/c1-15-8-4-9(16-5-7-2-3-19-6-7)18-10(17-8)11(12,13)14/h2-4,6H,5H2,1H3,(H2,15,16,17,18). The highest BCUT2D eigenvalue weighted by atomic mass is 19.4. The fourth-order valence-corrected chi connectivity index (χ4v) is 1.38. The SMILES string of the molecule is CNc1cc(NCc2ccoc2)nc(C(F)(F)F)n1. The lowest BCUT2D eigenvalue weighted by Crippen LogP contribution is -2.14. The Morgan fingerprint density at radius 2 is 2.00 bits per heavy atom. The fraction of sp³-hybridized carbons (Fsp3) is 0.273. The van der Waals surface area contributed by atoms with Gasteiger partial charge >= 0.3 is 6.18 Å². The van der Waals surface area contributed by atoms with Crippen molar-refractivity contribution in [2.45, 2.75) is 12.7 Å². The Hall–Kier alpha value is -2.25. The lowest BCUT2D eigenvalue weighted by Gasteiger charge is -2.10. The minimum atomic E-state index is -4.58. The normalized spacial score (nSPS) is 11.4. The molecule has 0 radical (unpaired) electrons. The van der Waals surface area contributed by atoms with E-state index in [-0.39, 0.29) is 11.6 Å². The van der Waals surface area contributed by atoms with Gasteiger partial charge in [-0.1, -0.05) is 0 Å². The predicted molar refractivity (Wildman–Crippen MR) is 62.6 cm³/mol. The summed E-state index contributed by atoms with van der Waals surface area (Å²) >= 11 is 0. The van der Waals surface area contributed by atoms with Gasteiger partial charge in [0.1, 0.15) is 11.6 Å². The second kappa shape index (κ2) is 5.17. The molecule has 8 heteroatoms. The average Bonchev–Trinajstić information content (AvgIpc) is 2.88. The molecular formula is C11H11F3N4O. The van der Waals surface area contributed by atoms with Crippen LogP contribution in [0.4, 0.5) is 24.8 Å². The van der Waals surface area contributed by atoms with Crippen molar-refractivity contribution in [3.05, 3.63) is 36.0 Å². The highest BCUT2D eigenvalue weighted by molar-refractivity contribution is 5.47. The third kappa shape index (κ3) is 3.36. The van der Waals surface area contributed by atoms with E-state index in [1.165, 1.54) is 25.6 Å². The zero-order valence-electron chi connectivity index (χ0n) is 9.95. The molecule has 0 amide bonds. The monoisotopic (exact) mass is 272 g/mol. The van der Waals surface area contributed by atoms with E-state index in [9.17, 15) is 13.2 Å². The lowest BCUT2D eigenvalue weighted by atomic mass is 10.3. The van der Waals surface area contributed by atoms with Crippen LogP contribution in [-0.4, -0.2) is 17.0 Å². The number of alkyl halides is 3. The highest BCUT2D eigenvalue weighted by Crippen LogP contribution is 2.28. The number of nitrogens with one attached hydrogen (secondary N) is 2. The van der Waals surface area contributed by atoms with Crippen LogP contribution in [0.2, 0.25) is 0 Å². The molecule has 0 fully saturated rings. The maximum Gasteiger partial charge on any atom is 0.451 e. The summed E-state index contributed by atoms with van der Waals surface area (Å²) in [7, 11) is 1.49. The molecule has 0 aliphatic rings. The Morgan fingerprint density at radius 3 is 2.58 bits per heavy atom. The Balaban J connectivity index is 2.19. The second-order valence-corrected chi connectivity index (χ2v) is 3.69. The first-order valence-electron chi connectivity index (χ1n) is 5.38. The van der Waals surface area contributed by atoms with Gasteiger partial charge in [-0.2, -0.15) is 13.2 Å². The Labute approximate surface area is 106 Å². The summed E-state index contributed by atoms with van der Waals surface area (Å²) in [6.45, 7) is 0.313. The van der Waals surface area contributed by atoms with Crippen LogP contribution >= 0.6 is 0 Å². The van der Waals surface area contributed by atoms with Gasteiger partial charge in [0.2, 0.25) is 5.82 Å². The van der Waals surface area contributed by atoms with Crippen molar-refractivity contribution in [2.75, 3.05) is 17.7 Å². The maximum atomic E-state index is 12.6. The van der Waals surface area contributed by atoms with Crippen molar-refractivity contribution in [3.63, 3.8) is 0 Å². The predicted octanol–water partition coefficient (Wildman–Crippen LogP) is 2.74. The van der Waals surface area contributed by atoms with E-state index in [2.05, 4.69) is 20.6 Å². The smallest absolute Gasteiger partial charge is 0.451 e. The first kappa shape index (κ1) is 13.2. The summed E-state index contributed by atoms with van der Waals surface area (Å²) in [4.78, 5) is 6.80. The number of anilines is 2. The Kier molecular flexibility index (Phi) is 3.59. The van der Waals surface area contributed by atoms with E-state index < -0.39 is 12.0 Å². The Morgan fingerprint density at radius 1 is 1.26 bits per heavy atom. The van der Waals surface area contributed by atoms with E-state index >= 15 is 0 Å². The maximum absolute atomic E-state index is 12.6.